The normalized spacial score (nSPS) is 13.0. The number of nitrogens with one attached hydrogen (secondary N) is 1. The molecule has 0 aromatic heterocycles. The lowest BCUT2D eigenvalue weighted by Gasteiger charge is -2.24. The third-order valence-electron chi connectivity index (χ3n) is 1.58. The Morgan fingerprint density at radius 3 is 2.25 bits per heavy atom. The summed E-state index contributed by atoms with van der Waals surface area (Å²) in [6.07, 6.45) is -0.682. The van der Waals surface area contributed by atoms with Crippen LogP contribution in [0.1, 0.15) is 0 Å². The molecule has 0 unspecified atom stereocenters. The highest BCUT2D eigenvalue weighted by Crippen LogP contribution is 2.31. The number of halogens is 4. The highest BCUT2D eigenvalue weighted by atomic mass is 35.6. The molecule has 0 aliphatic heterocycles. The van der Waals surface area contributed by atoms with E-state index in [4.69, 9.17) is 51.1 Å². The molecule has 0 aliphatic carbocycles. The molecule has 0 saturated carbocycles. The fourth-order valence-electron chi connectivity index (χ4n) is 0.906. The molecule has 0 heterocycles. The summed E-state index contributed by atoms with van der Waals surface area (Å²) in [6.45, 7) is 0. The van der Waals surface area contributed by atoms with Crippen LogP contribution in [0.25, 0.3) is 0 Å². The summed E-state index contributed by atoms with van der Waals surface area (Å²) >= 11 is 22.5. The summed E-state index contributed by atoms with van der Waals surface area (Å²) in [5.41, 5.74) is 0. The minimum absolute atomic E-state index is 0.391. The van der Waals surface area contributed by atoms with Gasteiger partial charge < -0.3 is 10.1 Å². The van der Waals surface area contributed by atoms with Gasteiger partial charge in [-0.1, -0.05) is 46.4 Å². The maximum Gasteiger partial charge on any atom is 0.246 e. The average Bonchev–Trinajstić information content (AvgIpc) is 2.19. The Bertz CT molecular complexity index is 350. The van der Waals surface area contributed by atoms with Crippen molar-refractivity contribution in [2.24, 2.45) is 0 Å². The van der Waals surface area contributed by atoms with Gasteiger partial charge in [-0.3, -0.25) is 4.79 Å². The van der Waals surface area contributed by atoms with Crippen molar-refractivity contribution in [1.29, 1.82) is 0 Å². The van der Waals surface area contributed by atoms with Crippen LogP contribution in [0.5, 0.6) is 5.75 Å². The maximum absolute atomic E-state index is 10.3. The molecule has 1 aromatic carbocycles. The molecule has 0 bridgehead atoms. The van der Waals surface area contributed by atoms with Crippen LogP contribution in [0.15, 0.2) is 24.3 Å². The Morgan fingerprint density at radius 2 is 1.81 bits per heavy atom. The molecule has 7 heteroatoms. The summed E-state index contributed by atoms with van der Waals surface area (Å²) < 4.78 is 3.51. The van der Waals surface area contributed by atoms with Gasteiger partial charge in [-0.2, -0.15) is 0 Å². The molecule has 1 atom stereocenters. The van der Waals surface area contributed by atoms with Gasteiger partial charge in [0.2, 0.25) is 16.4 Å². The van der Waals surface area contributed by atoms with E-state index >= 15 is 0 Å². The van der Waals surface area contributed by atoms with E-state index in [1.807, 2.05) is 0 Å². The predicted octanol–water partition coefficient (Wildman–Crippen LogP) is 3.16. The van der Waals surface area contributed by atoms with Crippen LogP contribution < -0.4 is 10.1 Å². The second-order valence-corrected chi connectivity index (χ2v) is 5.58. The van der Waals surface area contributed by atoms with Gasteiger partial charge in [-0.05, 0) is 24.3 Å². The number of benzene rings is 1. The molecular formula is C9H7Cl4NO2. The minimum Gasteiger partial charge on any atom is -0.466 e. The fraction of sp³-hybridized carbons (Fsp3) is 0.222. The first-order chi connectivity index (χ1) is 7.43. The Labute approximate surface area is 113 Å². The largest absolute Gasteiger partial charge is 0.466 e. The lowest BCUT2D eigenvalue weighted by atomic mass is 10.3. The van der Waals surface area contributed by atoms with Gasteiger partial charge >= 0.3 is 0 Å². The Morgan fingerprint density at radius 1 is 1.25 bits per heavy atom. The highest BCUT2D eigenvalue weighted by molar-refractivity contribution is 6.68. The zero-order valence-electron chi connectivity index (χ0n) is 7.79. The van der Waals surface area contributed by atoms with Crippen molar-refractivity contribution in [3.8, 4) is 5.75 Å². The zero-order chi connectivity index (χ0) is 12.2. The third-order valence-corrected chi connectivity index (χ3v) is 2.43. The highest BCUT2D eigenvalue weighted by Gasteiger charge is 2.34. The fourth-order valence-corrected chi connectivity index (χ4v) is 1.35. The molecule has 0 fully saturated rings. The first kappa shape index (κ1) is 13.7. The van der Waals surface area contributed by atoms with Crippen LogP contribution in [0, 0.1) is 0 Å². The van der Waals surface area contributed by atoms with E-state index in [9.17, 15) is 4.79 Å². The molecule has 1 aromatic rings. The number of ether oxygens (including phenoxy) is 1. The topological polar surface area (TPSA) is 38.3 Å². The molecule has 1 N–H and O–H groups in total. The molecule has 16 heavy (non-hydrogen) atoms. The molecule has 0 radical (unpaired) electrons. The van der Waals surface area contributed by atoms with Gasteiger partial charge in [0.1, 0.15) is 5.75 Å². The summed E-state index contributed by atoms with van der Waals surface area (Å²) in [6, 6.07) is 6.43. The molecule has 0 saturated heterocycles. The van der Waals surface area contributed by atoms with E-state index in [0.29, 0.717) is 17.2 Å². The first-order valence-electron chi connectivity index (χ1n) is 4.12. The predicted molar refractivity (Wildman–Crippen MR) is 65.4 cm³/mol. The van der Waals surface area contributed by atoms with Crippen molar-refractivity contribution in [2.45, 2.75) is 10.0 Å². The maximum atomic E-state index is 10.3. The smallest absolute Gasteiger partial charge is 0.246 e. The van der Waals surface area contributed by atoms with Gasteiger partial charge in [0.05, 0.1) is 0 Å². The van der Waals surface area contributed by atoms with E-state index in [0.717, 1.165) is 0 Å². The number of carbonyl (C=O) groups is 1. The van der Waals surface area contributed by atoms with Crippen LogP contribution in [0.2, 0.25) is 5.02 Å². The van der Waals surface area contributed by atoms with Crippen molar-refractivity contribution in [1.82, 2.24) is 5.32 Å². The van der Waals surface area contributed by atoms with Crippen molar-refractivity contribution in [2.75, 3.05) is 0 Å². The lowest BCUT2D eigenvalue weighted by Crippen LogP contribution is -2.44. The van der Waals surface area contributed by atoms with Gasteiger partial charge in [0, 0.05) is 5.02 Å². The molecule has 1 amide bonds. The molecule has 0 aliphatic rings. The number of amides is 1. The number of carbonyl (C=O) groups excluding carboxylic acids is 1. The van der Waals surface area contributed by atoms with Crippen molar-refractivity contribution >= 4 is 52.8 Å². The van der Waals surface area contributed by atoms with Crippen LogP contribution in [0.3, 0.4) is 0 Å². The summed E-state index contributed by atoms with van der Waals surface area (Å²) in [5, 5.41) is 2.81. The van der Waals surface area contributed by atoms with Crippen LogP contribution in [-0.2, 0) is 4.79 Å². The van der Waals surface area contributed by atoms with Crippen LogP contribution >= 0.6 is 46.4 Å². The van der Waals surface area contributed by atoms with Gasteiger partial charge in [-0.25, -0.2) is 0 Å². The van der Waals surface area contributed by atoms with E-state index in [1.54, 1.807) is 24.3 Å². The second-order valence-electron chi connectivity index (χ2n) is 2.78. The molecule has 3 nitrogen and oxygen atoms in total. The van der Waals surface area contributed by atoms with Gasteiger partial charge in [-0.15, -0.1) is 0 Å². The van der Waals surface area contributed by atoms with Gasteiger partial charge in [0.25, 0.3) is 0 Å². The number of rotatable bonds is 4. The molecule has 88 valence electrons. The van der Waals surface area contributed by atoms with Gasteiger partial charge in [0.15, 0.2) is 0 Å². The summed E-state index contributed by atoms with van der Waals surface area (Å²) in [4.78, 5) is 10.3. The van der Waals surface area contributed by atoms with E-state index in [-0.39, 0.29) is 0 Å². The van der Waals surface area contributed by atoms with Crippen molar-refractivity contribution in [3.05, 3.63) is 29.3 Å². The molecule has 1 rings (SSSR count). The Balaban J connectivity index is 2.75. The molecule has 0 spiro atoms. The monoisotopic (exact) mass is 301 g/mol. The Kier molecular flexibility index (Phi) is 4.99. The summed E-state index contributed by atoms with van der Waals surface area (Å²) in [7, 11) is 0. The van der Waals surface area contributed by atoms with Crippen LogP contribution in [-0.4, -0.2) is 16.4 Å². The third kappa shape index (κ3) is 4.26. The molecular weight excluding hydrogens is 296 g/mol. The SMILES string of the molecule is O=CN[C@H](Oc1ccc(Cl)cc1)C(Cl)(Cl)Cl. The van der Waals surface area contributed by atoms with E-state index in [1.165, 1.54) is 0 Å². The summed E-state index contributed by atoms with van der Waals surface area (Å²) in [5.74, 6) is 0.426. The van der Waals surface area contributed by atoms with Crippen molar-refractivity contribution < 1.29 is 9.53 Å². The number of hydrogen-bond donors (Lipinski definition) is 1. The quantitative estimate of drug-likeness (QED) is 0.527. The Hall–Kier alpha value is -0.350. The van der Waals surface area contributed by atoms with E-state index < -0.39 is 10.0 Å². The second kappa shape index (κ2) is 5.82. The minimum atomic E-state index is -1.76. The van der Waals surface area contributed by atoms with E-state index in [2.05, 4.69) is 5.32 Å². The van der Waals surface area contributed by atoms with Crippen LogP contribution in [0.4, 0.5) is 0 Å². The number of hydrogen-bond acceptors (Lipinski definition) is 2. The number of alkyl halides is 3. The first-order valence-corrected chi connectivity index (χ1v) is 5.63. The lowest BCUT2D eigenvalue weighted by molar-refractivity contribution is -0.111. The zero-order valence-corrected chi connectivity index (χ0v) is 10.8. The van der Waals surface area contributed by atoms with Crippen molar-refractivity contribution in [3.63, 3.8) is 0 Å². The average molecular weight is 303 g/mol. The standard InChI is InChI=1S/C9H7Cl4NO2/c10-6-1-3-7(4-2-6)16-8(14-5-15)9(11,12)13/h1-5,8H,(H,14,15)/t8-/m1/s1.